The number of thiazole rings is 1. The van der Waals surface area contributed by atoms with E-state index in [4.69, 9.17) is 0 Å². The van der Waals surface area contributed by atoms with Crippen LogP contribution in [-0.4, -0.2) is 36.0 Å². The molecular formula is C22H34IN5OS. The van der Waals surface area contributed by atoms with Gasteiger partial charge < -0.3 is 16.0 Å². The van der Waals surface area contributed by atoms with Gasteiger partial charge in [0.15, 0.2) is 5.96 Å². The number of halogens is 1. The number of nitrogens with one attached hydrogen (secondary N) is 3. The predicted octanol–water partition coefficient (Wildman–Crippen LogP) is 4.20. The first-order chi connectivity index (χ1) is 13.9. The number of aryl methyl sites for hydroxylation is 2. The third-order valence-electron chi connectivity index (χ3n) is 4.65. The van der Waals surface area contributed by atoms with Crippen molar-refractivity contribution in [3.8, 4) is 0 Å². The highest BCUT2D eigenvalue weighted by atomic mass is 127. The van der Waals surface area contributed by atoms with Gasteiger partial charge in [0.2, 0.25) is 0 Å². The summed E-state index contributed by atoms with van der Waals surface area (Å²) < 4.78 is 0. The molecule has 0 aliphatic carbocycles. The highest BCUT2D eigenvalue weighted by molar-refractivity contribution is 14.0. The second kappa shape index (κ2) is 13.6. The van der Waals surface area contributed by atoms with Gasteiger partial charge in [-0.3, -0.25) is 4.79 Å². The number of amides is 1. The molecule has 0 aliphatic heterocycles. The van der Waals surface area contributed by atoms with Gasteiger partial charge in [-0.1, -0.05) is 19.1 Å². The van der Waals surface area contributed by atoms with Gasteiger partial charge in [-0.2, -0.15) is 0 Å². The molecule has 1 aromatic heterocycles. The van der Waals surface area contributed by atoms with E-state index in [0.717, 1.165) is 48.2 Å². The van der Waals surface area contributed by atoms with Gasteiger partial charge >= 0.3 is 0 Å². The number of hydrogen-bond acceptors (Lipinski definition) is 4. The van der Waals surface area contributed by atoms with E-state index in [2.05, 4.69) is 39.8 Å². The van der Waals surface area contributed by atoms with Crippen molar-refractivity contribution in [2.75, 3.05) is 13.1 Å². The van der Waals surface area contributed by atoms with Gasteiger partial charge in [-0.05, 0) is 51.8 Å². The molecule has 0 saturated heterocycles. The van der Waals surface area contributed by atoms with Crippen molar-refractivity contribution in [2.24, 2.45) is 4.99 Å². The summed E-state index contributed by atoms with van der Waals surface area (Å²) in [5, 5.41) is 10.8. The zero-order valence-corrected chi connectivity index (χ0v) is 21.7. The predicted molar refractivity (Wildman–Crippen MR) is 137 cm³/mol. The standard InChI is InChI=1S/C22H33N5OS.HI/c1-6-15(3)26-21(28)19-10-8-9-18(13-19)14-25-22(23-7-2)24-12-11-20-27-16(4)17(5)29-20;/h8-10,13,15H,6-7,11-12,14H2,1-5H3,(H,26,28)(H2,23,24,25);1H. The molecule has 3 N–H and O–H groups in total. The van der Waals surface area contributed by atoms with E-state index in [1.807, 2.05) is 45.0 Å². The monoisotopic (exact) mass is 543 g/mol. The Morgan fingerprint density at radius 1 is 1.23 bits per heavy atom. The molecule has 1 heterocycles. The summed E-state index contributed by atoms with van der Waals surface area (Å²) in [5.74, 6) is 0.733. The molecule has 0 radical (unpaired) electrons. The third-order valence-corrected chi connectivity index (χ3v) is 5.78. The number of aromatic nitrogens is 1. The van der Waals surface area contributed by atoms with E-state index in [1.54, 1.807) is 11.3 Å². The molecule has 2 aromatic rings. The Morgan fingerprint density at radius 3 is 2.63 bits per heavy atom. The molecule has 166 valence electrons. The van der Waals surface area contributed by atoms with Crippen LogP contribution in [0.1, 0.15) is 58.7 Å². The average molecular weight is 544 g/mol. The smallest absolute Gasteiger partial charge is 0.251 e. The van der Waals surface area contributed by atoms with Gasteiger partial charge in [-0.15, -0.1) is 35.3 Å². The first-order valence-corrected chi connectivity index (χ1v) is 11.1. The maximum atomic E-state index is 12.3. The average Bonchev–Trinajstić information content (AvgIpc) is 3.03. The number of rotatable bonds is 9. The zero-order valence-electron chi connectivity index (χ0n) is 18.5. The minimum atomic E-state index is -0.0377. The summed E-state index contributed by atoms with van der Waals surface area (Å²) in [6.45, 7) is 12.3. The van der Waals surface area contributed by atoms with Crippen molar-refractivity contribution in [1.29, 1.82) is 0 Å². The lowest BCUT2D eigenvalue weighted by atomic mass is 10.1. The fraction of sp³-hybridized carbons (Fsp3) is 0.500. The van der Waals surface area contributed by atoms with Crippen LogP contribution >= 0.6 is 35.3 Å². The lowest BCUT2D eigenvalue weighted by Crippen LogP contribution is -2.38. The molecular weight excluding hydrogens is 509 g/mol. The Kier molecular flexibility index (Phi) is 11.9. The third kappa shape index (κ3) is 8.59. The van der Waals surface area contributed by atoms with Crippen molar-refractivity contribution in [3.05, 3.63) is 51.0 Å². The molecule has 0 fully saturated rings. The van der Waals surface area contributed by atoms with Crippen LogP contribution in [0.4, 0.5) is 0 Å². The molecule has 2 rings (SSSR count). The van der Waals surface area contributed by atoms with Gasteiger partial charge in [0, 0.05) is 36.0 Å². The van der Waals surface area contributed by atoms with E-state index >= 15 is 0 Å². The molecule has 6 nitrogen and oxygen atoms in total. The molecule has 0 bridgehead atoms. The molecule has 0 spiro atoms. The lowest BCUT2D eigenvalue weighted by Gasteiger charge is -2.12. The first-order valence-electron chi connectivity index (χ1n) is 10.3. The van der Waals surface area contributed by atoms with E-state index in [1.165, 1.54) is 4.88 Å². The zero-order chi connectivity index (χ0) is 21.2. The number of guanidine groups is 1. The fourth-order valence-electron chi connectivity index (χ4n) is 2.67. The van der Waals surface area contributed by atoms with Crippen LogP contribution in [-0.2, 0) is 13.0 Å². The van der Waals surface area contributed by atoms with Crippen molar-refractivity contribution >= 4 is 47.2 Å². The van der Waals surface area contributed by atoms with Crippen LogP contribution in [0.3, 0.4) is 0 Å². The summed E-state index contributed by atoms with van der Waals surface area (Å²) in [4.78, 5) is 22.8. The van der Waals surface area contributed by atoms with E-state index in [0.29, 0.717) is 12.1 Å². The van der Waals surface area contributed by atoms with Crippen molar-refractivity contribution in [2.45, 2.75) is 60.0 Å². The largest absolute Gasteiger partial charge is 0.357 e. The van der Waals surface area contributed by atoms with Gasteiger partial charge in [-0.25, -0.2) is 9.98 Å². The van der Waals surface area contributed by atoms with E-state index in [9.17, 15) is 4.79 Å². The Hall–Kier alpha value is -1.68. The topological polar surface area (TPSA) is 78.4 Å². The van der Waals surface area contributed by atoms with Crippen LogP contribution < -0.4 is 16.0 Å². The molecule has 1 amide bonds. The Morgan fingerprint density at radius 2 is 2.00 bits per heavy atom. The van der Waals surface area contributed by atoms with Crippen LogP contribution in [0.2, 0.25) is 0 Å². The molecule has 0 aliphatic rings. The summed E-state index contributed by atoms with van der Waals surface area (Å²) in [6, 6.07) is 7.82. The maximum Gasteiger partial charge on any atom is 0.251 e. The summed E-state index contributed by atoms with van der Waals surface area (Å²) in [5.41, 5.74) is 2.79. The second-order valence-electron chi connectivity index (χ2n) is 7.10. The summed E-state index contributed by atoms with van der Waals surface area (Å²) >= 11 is 1.75. The van der Waals surface area contributed by atoms with Crippen LogP contribution in [0, 0.1) is 13.8 Å². The van der Waals surface area contributed by atoms with Gasteiger partial charge in [0.25, 0.3) is 5.91 Å². The maximum absolute atomic E-state index is 12.3. The highest BCUT2D eigenvalue weighted by Crippen LogP contribution is 2.16. The Bertz CT molecular complexity index is 817. The second-order valence-corrected chi connectivity index (χ2v) is 8.39. The van der Waals surface area contributed by atoms with Crippen LogP contribution in [0.5, 0.6) is 0 Å². The number of benzene rings is 1. The Labute approximate surface area is 201 Å². The molecule has 1 atom stereocenters. The summed E-state index contributed by atoms with van der Waals surface area (Å²) in [7, 11) is 0. The quantitative estimate of drug-likeness (QED) is 0.252. The number of hydrogen-bond donors (Lipinski definition) is 3. The molecule has 8 heteroatoms. The van der Waals surface area contributed by atoms with Crippen molar-refractivity contribution < 1.29 is 4.79 Å². The minimum Gasteiger partial charge on any atom is -0.357 e. The lowest BCUT2D eigenvalue weighted by molar-refractivity contribution is 0.0939. The number of aliphatic imine (C=N–C) groups is 1. The van der Waals surface area contributed by atoms with E-state index in [-0.39, 0.29) is 35.9 Å². The van der Waals surface area contributed by atoms with Crippen LogP contribution in [0.15, 0.2) is 29.3 Å². The normalized spacial score (nSPS) is 12.1. The number of nitrogens with zero attached hydrogens (tertiary/aromatic N) is 2. The van der Waals surface area contributed by atoms with E-state index < -0.39 is 0 Å². The molecule has 1 unspecified atom stereocenters. The minimum absolute atomic E-state index is 0. The summed E-state index contributed by atoms with van der Waals surface area (Å²) in [6.07, 6.45) is 1.78. The van der Waals surface area contributed by atoms with Crippen LogP contribution in [0.25, 0.3) is 0 Å². The number of carbonyl (C=O) groups excluding carboxylic acids is 1. The molecule has 1 aromatic carbocycles. The van der Waals surface area contributed by atoms with Gasteiger partial charge in [0.05, 0.1) is 17.2 Å². The first kappa shape index (κ1) is 26.4. The Balaban J connectivity index is 0.00000450. The van der Waals surface area contributed by atoms with Crippen molar-refractivity contribution in [1.82, 2.24) is 20.9 Å². The molecule has 30 heavy (non-hydrogen) atoms. The molecule has 0 saturated carbocycles. The number of carbonyl (C=O) groups is 1. The highest BCUT2D eigenvalue weighted by Gasteiger charge is 2.09. The van der Waals surface area contributed by atoms with Crippen molar-refractivity contribution in [3.63, 3.8) is 0 Å². The van der Waals surface area contributed by atoms with Gasteiger partial charge in [0.1, 0.15) is 0 Å². The fourth-order valence-corrected chi connectivity index (χ4v) is 3.60. The SMILES string of the molecule is CCNC(=NCc1cccc(C(=O)NC(C)CC)c1)NCCc1nc(C)c(C)s1.I.